The molecule has 0 aromatic carbocycles. The second-order valence-corrected chi connectivity index (χ2v) is 2.70. The normalized spacial score (nSPS) is 17.1. The third kappa shape index (κ3) is 3.15. The fraction of sp³-hybridized carbons (Fsp3) is 0.182. The molecule has 0 spiro atoms. The van der Waals surface area contributed by atoms with Crippen molar-refractivity contribution in [3.8, 4) is 0 Å². The molecule has 1 aliphatic carbocycles. The minimum atomic E-state index is 0.0807. The van der Waals surface area contributed by atoms with Crippen molar-refractivity contribution >= 4 is 5.78 Å². The van der Waals surface area contributed by atoms with Gasteiger partial charge in [0.15, 0.2) is 5.78 Å². The van der Waals surface area contributed by atoms with Crippen LogP contribution in [0.3, 0.4) is 0 Å². The van der Waals surface area contributed by atoms with Gasteiger partial charge in [-0.3, -0.25) is 4.79 Å². The maximum absolute atomic E-state index is 10.5. The van der Waals surface area contributed by atoms with Gasteiger partial charge in [-0.25, -0.2) is 0 Å². The predicted molar refractivity (Wildman–Crippen MR) is 50.7 cm³/mol. The Labute approximate surface area is 72.8 Å². The molecule has 0 fully saturated rings. The molecule has 0 amide bonds. The highest BCUT2D eigenvalue weighted by Crippen LogP contribution is 2.09. The molecule has 12 heavy (non-hydrogen) atoms. The highest BCUT2D eigenvalue weighted by Gasteiger charge is 1.95. The molecule has 0 aromatic heterocycles. The van der Waals surface area contributed by atoms with Gasteiger partial charge < -0.3 is 0 Å². The molecule has 0 radical (unpaired) electrons. The summed E-state index contributed by atoms with van der Waals surface area (Å²) in [5.74, 6) is 0.485. The van der Waals surface area contributed by atoms with Crippen molar-refractivity contribution in [3.63, 3.8) is 0 Å². The highest BCUT2D eigenvalue weighted by atomic mass is 16.1. The van der Waals surface area contributed by atoms with Gasteiger partial charge in [0.2, 0.25) is 0 Å². The van der Waals surface area contributed by atoms with Gasteiger partial charge in [-0.05, 0) is 13.0 Å². The number of carbonyl (C=O) groups is 1. The van der Waals surface area contributed by atoms with Gasteiger partial charge in [0.1, 0.15) is 0 Å². The molecular weight excluding hydrogens is 148 g/mol. The van der Waals surface area contributed by atoms with Crippen LogP contribution in [0, 0.1) is 5.92 Å². The van der Waals surface area contributed by atoms with Gasteiger partial charge in [-0.1, -0.05) is 42.5 Å². The van der Waals surface area contributed by atoms with E-state index in [1.54, 1.807) is 19.1 Å². The molecule has 0 bridgehead atoms. The lowest BCUT2D eigenvalue weighted by atomic mass is 10.1. The van der Waals surface area contributed by atoms with Crippen LogP contribution in [0.1, 0.15) is 6.92 Å². The maximum Gasteiger partial charge on any atom is 0.152 e. The van der Waals surface area contributed by atoms with Crippen LogP contribution in [-0.4, -0.2) is 5.78 Å². The monoisotopic (exact) mass is 160 g/mol. The molecule has 0 saturated carbocycles. The van der Waals surface area contributed by atoms with E-state index in [1.165, 1.54) is 0 Å². The summed E-state index contributed by atoms with van der Waals surface area (Å²) < 4.78 is 0. The Bertz CT molecular complexity index is 255. The second kappa shape index (κ2) is 4.50. The van der Waals surface area contributed by atoms with Crippen molar-refractivity contribution in [1.82, 2.24) is 0 Å². The molecule has 0 aromatic rings. The summed E-state index contributed by atoms with van der Waals surface area (Å²) in [5, 5.41) is 0. The van der Waals surface area contributed by atoms with Gasteiger partial charge in [0, 0.05) is 5.92 Å². The van der Waals surface area contributed by atoms with Crippen LogP contribution in [0.25, 0.3) is 0 Å². The first kappa shape index (κ1) is 8.72. The Balaban J connectivity index is 2.35. The van der Waals surface area contributed by atoms with Crippen LogP contribution in [0.15, 0.2) is 48.6 Å². The fourth-order valence-electron chi connectivity index (χ4n) is 0.961. The Hall–Kier alpha value is -1.37. The van der Waals surface area contributed by atoms with Crippen molar-refractivity contribution in [2.24, 2.45) is 5.92 Å². The van der Waals surface area contributed by atoms with Crippen LogP contribution >= 0.6 is 0 Å². The summed E-state index contributed by atoms with van der Waals surface area (Å²) >= 11 is 0. The van der Waals surface area contributed by atoms with Crippen LogP contribution in [0.4, 0.5) is 0 Å². The van der Waals surface area contributed by atoms with Crippen LogP contribution in [0.2, 0.25) is 0 Å². The summed E-state index contributed by atoms with van der Waals surface area (Å²) in [6.07, 6.45) is 15.5. The quantitative estimate of drug-likeness (QED) is 0.457. The Morgan fingerprint density at radius 2 is 1.92 bits per heavy atom. The molecule has 62 valence electrons. The molecule has 0 heterocycles. The van der Waals surface area contributed by atoms with Crippen LogP contribution in [-0.2, 0) is 4.79 Å². The van der Waals surface area contributed by atoms with E-state index < -0.39 is 0 Å². The van der Waals surface area contributed by atoms with E-state index in [0.29, 0.717) is 5.92 Å². The Kier molecular flexibility index (Phi) is 3.27. The standard InChI is InChI=1S/C11H12O/c1-10(12)6-2-3-7-11-8-4-5-9-11/h2-9,11H,1H3/b6-2+,7-3+. The smallest absolute Gasteiger partial charge is 0.152 e. The minimum absolute atomic E-state index is 0.0807. The van der Waals surface area contributed by atoms with Crippen LogP contribution in [0.5, 0.6) is 0 Å². The van der Waals surface area contributed by atoms with Gasteiger partial charge in [0.25, 0.3) is 0 Å². The van der Waals surface area contributed by atoms with E-state index in [2.05, 4.69) is 12.2 Å². The second-order valence-electron chi connectivity index (χ2n) is 2.70. The molecule has 1 rings (SSSR count). The summed E-state index contributed by atoms with van der Waals surface area (Å²) in [5.41, 5.74) is 0. The summed E-state index contributed by atoms with van der Waals surface area (Å²) in [6, 6.07) is 0. The van der Waals surface area contributed by atoms with Gasteiger partial charge in [-0.2, -0.15) is 0 Å². The first-order valence-corrected chi connectivity index (χ1v) is 3.99. The van der Waals surface area contributed by atoms with Crippen molar-refractivity contribution in [2.45, 2.75) is 6.92 Å². The molecule has 0 unspecified atom stereocenters. The third-order valence-corrected chi connectivity index (χ3v) is 1.55. The molecular formula is C11H12O. The molecule has 1 nitrogen and oxygen atoms in total. The largest absolute Gasteiger partial charge is 0.295 e. The molecule has 0 aliphatic heterocycles. The average molecular weight is 160 g/mol. The molecule has 0 atom stereocenters. The topological polar surface area (TPSA) is 17.1 Å². The van der Waals surface area contributed by atoms with E-state index in [4.69, 9.17) is 0 Å². The summed E-state index contributed by atoms with van der Waals surface area (Å²) in [6.45, 7) is 1.54. The SMILES string of the molecule is CC(=O)/C=C/C=C/C1C=CC=C1. The molecule has 1 aliphatic rings. The first-order chi connectivity index (χ1) is 5.79. The van der Waals surface area contributed by atoms with Gasteiger partial charge in [0.05, 0.1) is 0 Å². The van der Waals surface area contributed by atoms with Crippen molar-refractivity contribution in [1.29, 1.82) is 0 Å². The average Bonchev–Trinajstić information content (AvgIpc) is 2.49. The minimum Gasteiger partial charge on any atom is -0.295 e. The number of allylic oxidation sites excluding steroid dienone is 8. The first-order valence-electron chi connectivity index (χ1n) is 3.99. The molecule has 1 heteroatoms. The van der Waals surface area contributed by atoms with E-state index in [0.717, 1.165) is 0 Å². The van der Waals surface area contributed by atoms with Gasteiger partial charge >= 0.3 is 0 Å². The van der Waals surface area contributed by atoms with E-state index in [-0.39, 0.29) is 5.78 Å². The Morgan fingerprint density at radius 1 is 1.25 bits per heavy atom. The summed E-state index contributed by atoms with van der Waals surface area (Å²) in [4.78, 5) is 10.5. The zero-order valence-electron chi connectivity index (χ0n) is 7.10. The molecule has 0 saturated heterocycles. The number of hydrogen-bond acceptors (Lipinski definition) is 1. The lowest BCUT2D eigenvalue weighted by molar-refractivity contribution is -0.112. The lowest BCUT2D eigenvalue weighted by Gasteiger charge is -1.91. The zero-order chi connectivity index (χ0) is 8.81. The van der Waals surface area contributed by atoms with Crippen LogP contribution < -0.4 is 0 Å². The van der Waals surface area contributed by atoms with Crippen molar-refractivity contribution in [3.05, 3.63) is 48.6 Å². The summed E-state index contributed by atoms with van der Waals surface area (Å²) in [7, 11) is 0. The van der Waals surface area contributed by atoms with Crippen molar-refractivity contribution < 1.29 is 4.79 Å². The lowest BCUT2D eigenvalue weighted by Crippen LogP contribution is -1.80. The molecule has 0 N–H and O–H groups in total. The van der Waals surface area contributed by atoms with E-state index in [9.17, 15) is 4.79 Å². The number of ketones is 1. The Morgan fingerprint density at radius 3 is 2.50 bits per heavy atom. The predicted octanol–water partition coefficient (Wildman–Crippen LogP) is 2.43. The third-order valence-electron chi connectivity index (χ3n) is 1.55. The van der Waals surface area contributed by atoms with Crippen molar-refractivity contribution in [2.75, 3.05) is 0 Å². The number of carbonyl (C=O) groups excluding carboxylic acids is 1. The fourth-order valence-corrected chi connectivity index (χ4v) is 0.961. The number of rotatable bonds is 3. The van der Waals surface area contributed by atoms with E-state index >= 15 is 0 Å². The van der Waals surface area contributed by atoms with Gasteiger partial charge in [-0.15, -0.1) is 0 Å². The zero-order valence-corrected chi connectivity index (χ0v) is 7.10. The highest BCUT2D eigenvalue weighted by molar-refractivity contribution is 5.87. The number of hydrogen-bond donors (Lipinski definition) is 0. The van der Waals surface area contributed by atoms with E-state index in [1.807, 2.05) is 24.3 Å². The maximum atomic E-state index is 10.5.